The lowest BCUT2D eigenvalue weighted by Gasteiger charge is -2.23. The van der Waals surface area contributed by atoms with E-state index in [1.807, 2.05) is 6.92 Å². The van der Waals surface area contributed by atoms with Crippen LogP contribution < -0.4 is 16.1 Å². The Hall–Kier alpha value is -3.01. The highest BCUT2D eigenvalue weighted by Gasteiger charge is 2.41. The summed E-state index contributed by atoms with van der Waals surface area (Å²) in [5.74, 6) is -1.96. The van der Waals surface area contributed by atoms with Gasteiger partial charge in [-0.05, 0) is 18.9 Å². The van der Waals surface area contributed by atoms with E-state index in [4.69, 9.17) is 10.6 Å². The molecule has 2 aromatic rings. The number of carboxylic acid groups (broad SMARTS) is 1. The molecule has 0 unspecified atom stereocenters. The Morgan fingerprint density at radius 3 is 2.83 bits per heavy atom. The SMILES string of the molecule is CO/N=C1\CN(c2nc3c(cc2F)c(=O)c(C(=O)O)cn3C2CC2)C[C@@]1(C)CN. The van der Waals surface area contributed by atoms with E-state index in [0.29, 0.717) is 18.8 Å². The zero-order chi connectivity index (χ0) is 20.9. The Morgan fingerprint density at radius 1 is 1.52 bits per heavy atom. The number of carboxylic acids is 1. The number of pyridine rings is 2. The number of oxime groups is 1. The molecule has 1 atom stereocenters. The summed E-state index contributed by atoms with van der Waals surface area (Å²) in [5, 5.41) is 13.3. The molecule has 0 radical (unpaired) electrons. The molecule has 1 aliphatic carbocycles. The topological polar surface area (TPSA) is 123 Å². The molecule has 3 N–H and O–H groups in total. The first-order valence-corrected chi connectivity index (χ1v) is 9.33. The number of hydrogen-bond donors (Lipinski definition) is 2. The highest BCUT2D eigenvalue weighted by Crippen LogP contribution is 2.38. The number of anilines is 1. The quantitative estimate of drug-likeness (QED) is 0.723. The van der Waals surface area contributed by atoms with Gasteiger partial charge in [-0.25, -0.2) is 14.2 Å². The first-order valence-electron chi connectivity index (χ1n) is 9.33. The van der Waals surface area contributed by atoms with Gasteiger partial charge in [-0.3, -0.25) is 4.79 Å². The molecule has 2 fully saturated rings. The van der Waals surface area contributed by atoms with Crippen LogP contribution in [0.1, 0.15) is 36.2 Å². The molecule has 9 nitrogen and oxygen atoms in total. The van der Waals surface area contributed by atoms with Crippen LogP contribution in [0.4, 0.5) is 10.2 Å². The Balaban J connectivity index is 1.87. The van der Waals surface area contributed by atoms with Gasteiger partial charge in [0.2, 0.25) is 5.43 Å². The number of nitrogens with two attached hydrogens (primary N) is 1. The van der Waals surface area contributed by atoms with Crippen molar-refractivity contribution < 1.29 is 19.1 Å². The molecule has 3 heterocycles. The predicted octanol–water partition coefficient (Wildman–Crippen LogP) is 1.36. The van der Waals surface area contributed by atoms with E-state index in [0.717, 1.165) is 18.9 Å². The molecule has 29 heavy (non-hydrogen) atoms. The highest BCUT2D eigenvalue weighted by molar-refractivity contribution is 5.97. The third-order valence-electron chi connectivity index (χ3n) is 5.64. The minimum absolute atomic E-state index is 0.0374. The Kier molecular flexibility index (Phi) is 4.53. The summed E-state index contributed by atoms with van der Waals surface area (Å²) < 4.78 is 16.7. The van der Waals surface area contributed by atoms with Gasteiger partial charge in [0.15, 0.2) is 11.6 Å². The second-order valence-electron chi connectivity index (χ2n) is 7.82. The maximum absolute atomic E-state index is 15.0. The fourth-order valence-corrected chi connectivity index (χ4v) is 3.76. The third-order valence-corrected chi connectivity index (χ3v) is 5.64. The molecule has 0 spiro atoms. The largest absolute Gasteiger partial charge is 0.477 e. The lowest BCUT2D eigenvalue weighted by Crippen LogP contribution is -2.36. The van der Waals surface area contributed by atoms with Crippen LogP contribution in [0.25, 0.3) is 11.0 Å². The summed E-state index contributed by atoms with van der Waals surface area (Å²) in [6, 6.07) is 1.14. The van der Waals surface area contributed by atoms with E-state index in [2.05, 4.69) is 10.1 Å². The second kappa shape index (κ2) is 6.80. The minimum Gasteiger partial charge on any atom is -0.477 e. The molecular formula is C19H22FN5O4. The van der Waals surface area contributed by atoms with Crippen molar-refractivity contribution in [3.63, 3.8) is 0 Å². The monoisotopic (exact) mass is 403 g/mol. The lowest BCUT2D eigenvalue weighted by atomic mass is 9.88. The van der Waals surface area contributed by atoms with E-state index in [1.165, 1.54) is 13.3 Å². The van der Waals surface area contributed by atoms with Crippen molar-refractivity contribution in [2.24, 2.45) is 16.3 Å². The maximum atomic E-state index is 15.0. The van der Waals surface area contributed by atoms with Crippen molar-refractivity contribution in [3.05, 3.63) is 33.9 Å². The van der Waals surface area contributed by atoms with Gasteiger partial charge in [0.25, 0.3) is 0 Å². The maximum Gasteiger partial charge on any atom is 0.341 e. The number of fused-ring (bicyclic) bond motifs is 1. The summed E-state index contributed by atoms with van der Waals surface area (Å²) in [6.45, 7) is 2.90. The van der Waals surface area contributed by atoms with Crippen LogP contribution in [0, 0.1) is 11.2 Å². The van der Waals surface area contributed by atoms with Crippen molar-refractivity contribution in [3.8, 4) is 0 Å². The van der Waals surface area contributed by atoms with Crippen LogP contribution in [0.15, 0.2) is 22.2 Å². The molecule has 1 saturated heterocycles. The first-order chi connectivity index (χ1) is 13.8. The molecule has 1 saturated carbocycles. The van der Waals surface area contributed by atoms with E-state index >= 15 is 0 Å². The van der Waals surface area contributed by atoms with Gasteiger partial charge in [-0.15, -0.1) is 0 Å². The zero-order valence-corrected chi connectivity index (χ0v) is 16.2. The van der Waals surface area contributed by atoms with Crippen LogP contribution >= 0.6 is 0 Å². The number of hydrogen-bond acceptors (Lipinski definition) is 7. The predicted molar refractivity (Wildman–Crippen MR) is 105 cm³/mol. The van der Waals surface area contributed by atoms with Crippen molar-refractivity contribution in [1.82, 2.24) is 9.55 Å². The molecule has 154 valence electrons. The lowest BCUT2D eigenvalue weighted by molar-refractivity contribution is 0.0695. The number of rotatable bonds is 5. The number of halogens is 1. The van der Waals surface area contributed by atoms with Crippen LogP contribution in [0.2, 0.25) is 0 Å². The molecule has 2 aromatic heterocycles. The number of aromatic carboxylic acids is 1. The van der Waals surface area contributed by atoms with Gasteiger partial charge in [-0.1, -0.05) is 12.1 Å². The average Bonchev–Trinajstić information content (AvgIpc) is 3.47. The summed E-state index contributed by atoms with van der Waals surface area (Å²) >= 11 is 0. The van der Waals surface area contributed by atoms with Crippen LogP contribution in [-0.4, -0.2) is 53.1 Å². The summed E-state index contributed by atoms with van der Waals surface area (Å²) in [4.78, 5) is 35.1. The second-order valence-corrected chi connectivity index (χ2v) is 7.82. The van der Waals surface area contributed by atoms with E-state index in [1.54, 1.807) is 9.47 Å². The third kappa shape index (κ3) is 3.13. The summed E-state index contributed by atoms with van der Waals surface area (Å²) in [5.41, 5.74) is 5.26. The first kappa shape index (κ1) is 19.3. The molecule has 1 aliphatic heterocycles. The standard InChI is InChI=1S/C19H22FN5O4/c1-19(8-21)9-24(7-14(19)23-29-2)17-13(20)5-11-15(26)12(18(27)28)6-25(10-3-4-10)16(11)22-17/h5-6,10H,3-4,7-9,21H2,1-2H3,(H,27,28)/b23-14+/t19-/m1/s1. The Morgan fingerprint density at radius 2 is 2.24 bits per heavy atom. The Labute approximate surface area is 165 Å². The number of aromatic nitrogens is 2. The van der Waals surface area contributed by atoms with E-state index in [-0.39, 0.29) is 35.0 Å². The van der Waals surface area contributed by atoms with Gasteiger partial charge >= 0.3 is 5.97 Å². The molecular weight excluding hydrogens is 381 g/mol. The average molecular weight is 403 g/mol. The zero-order valence-electron chi connectivity index (χ0n) is 16.2. The molecule has 0 bridgehead atoms. The van der Waals surface area contributed by atoms with Crippen molar-refractivity contribution in [2.45, 2.75) is 25.8 Å². The van der Waals surface area contributed by atoms with Crippen molar-refractivity contribution >= 4 is 28.5 Å². The Bertz CT molecular complexity index is 1090. The molecule has 0 amide bonds. The smallest absolute Gasteiger partial charge is 0.341 e. The fraction of sp³-hybridized carbons (Fsp3) is 0.474. The summed E-state index contributed by atoms with van der Waals surface area (Å²) in [6.07, 6.45) is 3.02. The van der Waals surface area contributed by atoms with Gasteiger partial charge in [0, 0.05) is 30.7 Å². The molecule has 4 rings (SSSR count). The molecule has 10 heteroatoms. The van der Waals surface area contributed by atoms with E-state index < -0.39 is 22.6 Å². The van der Waals surface area contributed by atoms with Gasteiger partial charge in [-0.2, -0.15) is 0 Å². The van der Waals surface area contributed by atoms with Gasteiger partial charge in [0.05, 0.1) is 17.6 Å². The minimum atomic E-state index is -1.34. The van der Waals surface area contributed by atoms with Gasteiger partial charge < -0.3 is 25.1 Å². The molecule has 2 aliphatic rings. The summed E-state index contributed by atoms with van der Waals surface area (Å²) in [7, 11) is 1.44. The van der Waals surface area contributed by atoms with Crippen LogP contribution in [0.5, 0.6) is 0 Å². The van der Waals surface area contributed by atoms with Gasteiger partial charge in [0.1, 0.15) is 18.3 Å². The fourth-order valence-electron chi connectivity index (χ4n) is 3.76. The number of nitrogens with zero attached hydrogens (tertiary/aromatic N) is 4. The van der Waals surface area contributed by atoms with E-state index in [9.17, 15) is 19.1 Å². The normalized spacial score (nSPS) is 23.2. The highest BCUT2D eigenvalue weighted by atomic mass is 19.1. The van der Waals surface area contributed by atoms with Crippen LogP contribution in [-0.2, 0) is 4.84 Å². The van der Waals surface area contributed by atoms with Crippen molar-refractivity contribution in [2.75, 3.05) is 31.6 Å². The number of carbonyl (C=O) groups is 1. The van der Waals surface area contributed by atoms with Crippen LogP contribution in [0.3, 0.4) is 0 Å². The molecule has 0 aromatic carbocycles. The van der Waals surface area contributed by atoms with Crippen molar-refractivity contribution in [1.29, 1.82) is 0 Å².